The van der Waals surface area contributed by atoms with Gasteiger partial charge < -0.3 is 10.4 Å². The Hall–Kier alpha value is -2.29. The van der Waals surface area contributed by atoms with E-state index >= 15 is 0 Å². The zero-order valence-electron chi connectivity index (χ0n) is 12.0. The highest BCUT2D eigenvalue weighted by Gasteiger charge is 2.10. The zero-order valence-corrected chi connectivity index (χ0v) is 12.0. The molecule has 0 aliphatic rings. The molecule has 0 fully saturated rings. The maximum atomic E-state index is 11.1. The molecule has 0 bridgehead atoms. The van der Waals surface area contributed by atoms with Crippen molar-refractivity contribution in [2.24, 2.45) is 0 Å². The third kappa shape index (κ3) is 2.82. The molecule has 2 aromatic rings. The largest absolute Gasteiger partial charge is 0.478 e. The number of nitrogens with one attached hydrogen (secondary N) is 1. The van der Waals surface area contributed by atoms with E-state index in [0.717, 1.165) is 11.3 Å². The summed E-state index contributed by atoms with van der Waals surface area (Å²) in [6.07, 6.45) is 0. The Morgan fingerprint density at radius 2 is 1.65 bits per heavy atom. The van der Waals surface area contributed by atoms with E-state index in [9.17, 15) is 4.79 Å². The lowest BCUT2D eigenvalue weighted by molar-refractivity contribution is 0.0696. The molecule has 2 N–H and O–H groups in total. The molecule has 3 nitrogen and oxygen atoms in total. The van der Waals surface area contributed by atoms with Gasteiger partial charge in [0.05, 0.1) is 5.56 Å². The fourth-order valence-electron chi connectivity index (χ4n) is 2.37. The molecule has 0 saturated heterocycles. The minimum absolute atomic E-state index is 0.344. The van der Waals surface area contributed by atoms with Crippen molar-refractivity contribution in [1.29, 1.82) is 0 Å². The molecule has 2 aromatic carbocycles. The quantitative estimate of drug-likeness (QED) is 0.884. The molecule has 0 aliphatic heterocycles. The highest BCUT2D eigenvalue weighted by Crippen LogP contribution is 2.21. The van der Waals surface area contributed by atoms with Crippen LogP contribution in [-0.2, 0) is 6.54 Å². The molecule has 0 amide bonds. The SMILES string of the molecule is Cc1cccc(C)c1CNc1cccc(C(=O)O)c1C. The highest BCUT2D eigenvalue weighted by molar-refractivity contribution is 5.91. The van der Waals surface area contributed by atoms with Gasteiger partial charge in [-0.2, -0.15) is 0 Å². The number of rotatable bonds is 4. The van der Waals surface area contributed by atoms with Crippen molar-refractivity contribution in [3.8, 4) is 0 Å². The second-order valence-electron chi connectivity index (χ2n) is 5.01. The van der Waals surface area contributed by atoms with Crippen LogP contribution in [0.25, 0.3) is 0 Å². The Kier molecular flexibility index (Phi) is 4.08. The van der Waals surface area contributed by atoms with Crippen LogP contribution >= 0.6 is 0 Å². The van der Waals surface area contributed by atoms with Crippen molar-refractivity contribution >= 4 is 11.7 Å². The van der Waals surface area contributed by atoms with Crippen molar-refractivity contribution in [3.05, 3.63) is 64.2 Å². The van der Waals surface area contributed by atoms with Crippen molar-refractivity contribution < 1.29 is 9.90 Å². The van der Waals surface area contributed by atoms with E-state index in [1.165, 1.54) is 16.7 Å². The number of carboxylic acids is 1. The summed E-state index contributed by atoms with van der Waals surface area (Å²) in [5, 5.41) is 12.5. The molecule has 0 saturated carbocycles. The number of benzene rings is 2. The molecular formula is C17H19NO2. The molecule has 0 unspecified atom stereocenters. The summed E-state index contributed by atoms with van der Waals surface area (Å²) in [7, 11) is 0. The van der Waals surface area contributed by atoms with E-state index in [0.29, 0.717) is 12.1 Å². The summed E-state index contributed by atoms with van der Waals surface area (Å²) in [6.45, 7) is 6.70. The van der Waals surface area contributed by atoms with Gasteiger partial charge >= 0.3 is 5.97 Å². The van der Waals surface area contributed by atoms with Gasteiger partial charge in [-0.25, -0.2) is 4.79 Å². The van der Waals surface area contributed by atoms with Crippen LogP contribution in [0.5, 0.6) is 0 Å². The molecule has 0 aromatic heterocycles. The summed E-state index contributed by atoms with van der Waals surface area (Å²) in [5.74, 6) is -0.891. The second-order valence-corrected chi connectivity index (χ2v) is 5.01. The maximum Gasteiger partial charge on any atom is 0.336 e. The van der Waals surface area contributed by atoms with E-state index < -0.39 is 5.97 Å². The molecule has 0 heterocycles. The predicted molar refractivity (Wildman–Crippen MR) is 81.4 cm³/mol. The molecule has 104 valence electrons. The second kappa shape index (κ2) is 5.78. The van der Waals surface area contributed by atoms with Gasteiger partial charge in [0.1, 0.15) is 0 Å². The van der Waals surface area contributed by atoms with Gasteiger partial charge in [0.15, 0.2) is 0 Å². The first-order valence-corrected chi connectivity index (χ1v) is 6.62. The van der Waals surface area contributed by atoms with Crippen molar-refractivity contribution in [2.45, 2.75) is 27.3 Å². The number of anilines is 1. The van der Waals surface area contributed by atoms with Gasteiger partial charge in [0.2, 0.25) is 0 Å². The lowest BCUT2D eigenvalue weighted by Gasteiger charge is -2.14. The molecule has 0 atom stereocenters. The van der Waals surface area contributed by atoms with Crippen LogP contribution in [-0.4, -0.2) is 11.1 Å². The summed E-state index contributed by atoms with van der Waals surface area (Å²) < 4.78 is 0. The van der Waals surface area contributed by atoms with Crippen molar-refractivity contribution in [2.75, 3.05) is 5.32 Å². The third-order valence-corrected chi connectivity index (χ3v) is 3.66. The molecule has 20 heavy (non-hydrogen) atoms. The topological polar surface area (TPSA) is 49.3 Å². The van der Waals surface area contributed by atoms with Gasteiger partial charge in [-0.05, 0) is 55.2 Å². The number of hydrogen-bond donors (Lipinski definition) is 2. The minimum atomic E-state index is -0.891. The number of carbonyl (C=O) groups is 1. The van der Waals surface area contributed by atoms with Gasteiger partial charge in [0, 0.05) is 12.2 Å². The first kappa shape index (κ1) is 14.1. The molecular weight excluding hydrogens is 250 g/mol. The van der Waals surface area contributed by atoms with Crippen molar-refractivity contribution in [3.63, 3.8) is 0 Å². The molecule has 0 aliphatic carbocycles. The summed E-state index contributed by atoms with van der Waals surface area (Å²) >= 11 is 0. The first-order chi connectivity index (χ1) is 9.50. The summed E-state index contributed by atoms with van der Waals surface area (Å²) in [4.78, 5) is 11.1. The lowest BCUT2D eigenvalue weighted by Crippen LogP contribution is -2.07. The fourth-order valence-corrected chi connectivity index (χ4v) is 2.37. The van der Waals surface area contributed by atoms with E-state index in [1.54, 1.807) is 12.1 Å². The Balaban J connectivity index is 2.24. The van der Waals surface area contributed by atoms with Crippen LogP contribution < -0.4 is 5.32 Å². The van der Waals surface area contributed by atoms with Crippen LogP contribution in [0, 0.1) is 20.8 Å². The van der Waals surface area contributed by atoms with Crippen LogP contribution in [0.15, 0.2) is 36.4 Å². The van der Waals surface area contributed by atoms with Crippen LogP contribution in [0.2, 0.25) is 0 Å². The predicted octanol–water partition coefficient (Wildman–Crippen LogP) is 3.92. The fraction of sp³-hybridized carbons (Fsp3) is 0.235. The van der Waals surface area contributed by atoms with E-state index in [1.807, 2.05) is 19.1 Å². The normalized spacial score (nSPS) is 10.3. The lowest BCUT2D eigenvalue weighted by atomic mass is 10.0. The molecule has 0 radical (unpaired) electrons. The summed E-state index contributed by atoms with van der Waals surface area (Å²) in [5.41, 5.74) is 5.72. The van der Waals surface area contributed by atoms with E-state index in [2.05, 4.69) is 31.3 Å². The van der Waals surface area contributed by atoms with Gasteiger partial charge in [-0.15, -0.1) is 0 Å². The highest BCUT2D eigenvalue weighted by atomic mass is 16.4. The van der Waals surface area contributed by atoms with E-state index in [4.69, 9.17) is 5.11 Å². The van der Waals surface area contributed by atoms with Crippen LogP contribution in [0.3, 0.4) is 0 Å². The average molecular weight is 269 g/mol. The first-order valence-electron chi connectivity index (χ1n) is 6.62. The maximum absolute atomic E-state index is 11.1. The van der Waals surface area contributed by atoms with Gasteiger partial charge in [0.25, 0.3) is 0 Å². The Morgan fingerprint density at radius 3 is 2.25 bits per heavy atom. The molecule has 2 rings (SSSR count). The number of hydrogen-bond acceptors (Lipinski definition) is 2. The summed E-state index contributed by atoms with van der Waals surface area (Å²) in [6, 6.07) is 11.5. The number of aromatic carboxylic acids is 1. The standard InChI is InChI=1S/C17H19NO2/c1-11-6-4-7-12(2)15(11)10-18-16-9-5-8-14(13(16)3)17(19)20/h4-9,18H,10H2,1-3H3,(H,19,20). The smallest absolute Gasteiger partial charge is 0.336 e. The molecule has 0 spiro atoms. The van der Waals surface area contributed by atoms with E-state index in [-0.39, 0.29) is 0 Å². The third-order valence-electron chi connectivity index (χ3n) is 3.66. The number of aryl methyl sites for hydroxylation is 2. The van der Waals surface area contributed by atoms with Gasteiger partial charge in [-0.1, -0.05) is 24.3 Å². The monoisotopic (exact) mass is 269 g/mol. The average Bonchev–Trinajstić information content (AvgIpc) is 2.39. The van der Waals surface area contributed by atoms with Crippen LogP contribution in [0.1, 0.15) is 32.6 Å². The number of carboxylic acid groups (broad SMARTS) is 1. The minimum Gasteiger partial charge on any atom is -0.478 e. The van der Waals surface area contributed by atoms with Gasteiger partial charge in [-0.3, -0.25) is 0 Å². The Bertz CT molecular complexity index is 627. The Morgan fingerprint density at radius 1 is 1.05 bits per heavy atom. The van der Waals surface area contributed by atoms with Crippen molar-refractivity contribution in [1.82, 2.24) is 0 Å². The zero-order chi connectivity index (χ0) is 14.7. The van der Waals surface area contributed by atoms with Crippen LogP contribution in [0.4, 0.5) is 5.69 Å². The molecule has 3 heteroatoms. The Labute approximate surface area is 119 Å².